The molecule has 0 radical (unpaired) electrons. The highest BCUT2D eigenvalue weighted by molar-refractivity contribution is 7.11. The minimum Gasteiger partial charge on any atom is -0.484 e. The summed E-state index contributed by atoms with van der Waals surface area (Å²) in [6.45, 7) is 1.92. The van der Waals surface area contributed by atoms with Crippen LogP contribution in [0.25, 0.3) is 0 Å². The monoisotopic (exact) mass is 473 g/mol. The number of rotatable bonds is 13. The Labute approximate surface area is 188 Å². The molecule has 3 N–H and O–H groups in total. The first-order valence-electron chi connectivity index (χ1n) is 10.2. The maximum Gasteiger partial charge on any atom is 0.573 e. The molecule has 0 aliphatic rings. The van der Waals surface area contributed by atoms with Gasteiger partial charge < -0.3 is 20.5 Å². The van der Waals surface area contributed by atoms with E-state index in [-0.39, 0.29) is 30.3 Å². The lowest BCUT2D eigenvalue weighted by Crippen LogP contribution is -2.28. The summed E-state index contributed by atoms with van der Waals surface area (Å²) in [6, 6.07) is 4.71. The van der Waals surface area contributed by atoms with E-state index in [1.54, 1.807) is 0 Å². The highest BCUT2D eigenvalue weighted by Crippen LogP contribution is 2.25. The van der Waals surface area contributed by atoms with Crippen LogP contribution in [-0.4, -0.2) is 29.8 Å². The van der Waals surface area contributed by atoms with Crippen LogP contribution in [0, 0.1) is 0 Å². The lowest BCUT2D eigenvalue weighted by Gasteiger charge is -2.10. The zero-order valence-corrected chi connectivity index (χ0v) is 18.5. The van der Waals surface area contributed by atoms with Gasteiger partial charge in [-0.05, 0) is 37.1 Å². The van der Waals surface area contributed by atoms with Gasteiger partial charge in [-0.3, -0.25) is 9.59 Å². The first-order valence-corrected chi connectivity index (χ1v) is 11.0. The topological polar surface area (TPSA) is 104 Å². The van der Waals surface area contributed by atoms with Crippen molar-refractivity contribution in [2.75, 3.05) is 6.61 Å². The number of unbranched alkanes of at least 4 members (excludes halogenated alkanes) is 4. The second-order valence-electron chi connectivity index (χ2n) is 6.99. The smallest absolute Gasteiger partial charge is 0.484 e. The van der Waals surface area contributed by atoms with Crippen LogP contribution in [0.4, 0.5) is 13.2 Å². The van der Waals surface area contributed by atoms with Crippen molar-refractivity contribution in [3.8, 4) is 11.5 Å². The van der Waals surface area contributed by atoms with Crippen molar-refractivity contribution in [2.45, 2.75) is 58.4 Å². The molecule has 11 heteroatoms. The van der Waals surface area contributed by atoms with Gasteiger partial charge in [-0.15, -0.1) is 24.5 Å². The van der Waals surface area contributed by atoms with Crippen LogP contribution >= 0.6 is 11.3 Å². The quantitative estimate of drug-likeness (QED) is 0.421. The number of amides is 2. The Kier molecular flexibility index (Phi) is 9.76. The van der Waals surface area contributed by atoms with E-state index in [0.29, 0.717) is 11.4 Å². The van der Waals surface area contributed by atoms with Crippen LogP contribution in [0.1, 0.15) is 59.4 Å². The second-order valence-corrected chi connectivity index (χ2v) is 8.16. The third kappa shape index (κ3) is 9.13. The number of halogens is 3. The molecule has 1 aromatic carbocycles. The Hall–Kier alpha value is -2.82. The molecule has 0 aliphatic heterocycles. The van der Waals surface area contributed by atoms with Gasteiger partial charge in [-0.1, -0.05) is 32.6 Å². The zero-order chi connectivity index (χ0) is 23.6. The number of hydrogen-bond donors (Lipinski definition) is 2. The fourth-order valence-corrected chi connectivity index (χ4v) is 3.89. The van der Waals surface area contributed by atoms with Crippen LogP contribution < -0.4 is 20.5 Å². The largest absolute Gasteiger partial charge is 0.573 e. The first kappa shape index (κ1) is 25.4. The maximum atomic E-state index is 12.2. The van der Waals surface area contributed by atoms with Gasteiger partial charge in [0.25, 0.3) is 11.8 Å². The number of ether oxygens (including phenoxy) is 2. The van der Waals surface area contributed by atoms with Crippen molar-refractivity contribution >= 4 is 23.2 Å². The number of primary amides is 1. The van der Waals surface area contributed by atoms with Crippen molar-refractivity contribution < 1.29 is 32.2 Å². The van der Waals surface area contributed by atoms with Gasteiger partial charge in [0.05, 0.1) is 6.54 Å². The van der Waals surface area contributed by atoms with Crippen molar-refractivity contribution in [1.29, 1.82) is 0 Å². The molecule has 1 heterocycles. The number of benzene rings is 1. The molecule has 2 amide bonds. The van der Waals surface area contributed by atoms with E-state index in [0.717, 1.165) is 42.7 Å². The Morgan fingerprint density at radius 1 is 1.09 bits per heavy atom. The summed E-state index contributed by atoms with van der Waals surface area (Å²) in [5.74, 6) is -1.21. The summed E-state index contributed by atoms with van der Waals surface area (Å²) < 4.78 is 45.5. The Balaban J connectivity index is 1.80. The van der Waals surface area contributed by atoms with Crippen molar-refractivity contribution in [2.24, 2.45) is 5.73 Å². The van der Waals surface area contributed by atoms with Gasteiger partial charge in [0.1, 0.15) is 22.2 Å². The molecule has 32 heavy (non-hydrogen) atoms. The average Bonchev–Trinajstić information content (AvgIpc) is 3.14. The molecule has 7 nitrogen and oxygen atoms in total. The summed E-state index contributed by atoms with van der Waals surface area (Å²) in [4.78, 5) is 28.7. The number of nitrogens with two attached hydrogens (primary N) is 1. The molecule has 0 saturated heterocycles. The molecule has 0 saturated carbocycles. The number of hydrogen-bond acceptors (Lipinski definition) is 6. The van der Waals surface area contributed by atoms with Crippen LogP contribution in [-0.2, 0) is 17.8 Å². The standard InChI is InChI=1S/C21H26F3N3O4S/c1-2-3-4-5-6-7-16-19(20(25)29)27-18(32-16)12-26-17(28)13-30-14-8-10-15(11-9-14)31-21(22,23)24/h8-11H,2-7,12-13H2,1H3,(H2,25,29)(H,26,28). The van der Waals surface area contributed by atoms with E-state index in [1.807, 2.05) is 0 Å². The fourth-order valence-electron chi connectivity index (χ4n) is 2.84. The van der Waals surface area contributed by atoms with Crippen molar-refractivity contribution in [1.82, 2.24) is 10.3 Å². The SMILES string of the molecule is CCCCCCCc1sc(CNC(=O)COc2ccc(OC(F)(F)F)cc2)nc1C(N)=O. The van der Waals surface area contributed by atoms with E-state index >= 15 is 0 Å². The normalized spacial score (nSPS) is 11.2. The molecule has 176 valence electrons. The molecule has 0 atom stereocenters. The number of thiazole rings is 1. The molecule has 0 fully saturated rings. The van der Waals surface area contributed by atoms with Crippen LogP contribution in [0.15, 0.2) is 24.3 Å². The number of nitrogens with zero attached hydrogens (tertiary/aromatic N) is 1. The highest BCUT2D eigenvalue weighted by atomic mass is 32.1. The van der Waals surface area contributed by atoms with Gasteiger partial charge in [-0.2, -0.15) is 0 Å². The van der Waals surface area contributed by atoms with Crippen molar-refractivity contribution in [3.63, 3.8) is 0 Å². The lowest BCUT2D eigenvalue weighted by molar-refractivity contribution is -0.274. The van der Waals surface area contributed by atoms with Crippen molar-refractivity contribution in [3.05, 3.63) is 39.8 Å². The molecular formula is C21H26F3N3O4S. The number of aromatic nitrogens is 1. The molecule has 0 spiro atoms. The third-order valence-electron chi connectivity index (χ3n) is 4.35. The number of alkyl halides is 3. The summed E-state index contributed by atoms with van der Waals surface area (Å²) in [5, 5.41) is 3.19. The third-order valence-corrected chi connectivity index (χ3v) is 5.46. The molecule has 2 aromatic rings. The number of carbonyl (C=O) groups is 2. The Morgan fingerprint density at radius 3 is 2.38 bits per heavy atom. The van der Waals surface area contributed by atoms with Gasteiger partial charge in [-0.25, -0.2) is 4.98 Å². The molecule has 0 aliphatic carbocycles. The predicted octanol–water partition coefficient (Wildman–Crippen LogP) is 4.35. The summed E-state index contributed by atoms with van der Waals surface area (Å²) in [7, 11) is 0. The zero-order valence-electron chi connectivity index (χ0n) is 17.7. The molecule has 2 rings (SSSR count). The minimum absolute atomic E-state index is 0.112. The van der Waals surface area contributed by atoms with Gasteiger partial charge in [0, 0.05) is 4.88 Å². The van der Waals surface area contributed by atoms with Gasteiger partial charge in [0.15, 0.2) is 6.61 Å². The minimum atomic E-state index is -4.78. The molecular weight excluding hydrogens is 447 g/mol. The van der Waals surface area contributed by atoms with E-state index in [9.17, 15) is 22.8 Å². The fraction of sp³-hybridized carbons (Fsp3) is 0.476. The highest BCUT2D eigenvalue weighted by Gasteiger charge is 2.31. The number of nitrogens with one attached hydrogen (secondary N) is 1. The molecule has 1 aromatic heterocycles. The number of carbonyl (C=O) groups excluding carboxylic acids is 2. The predicted molar refractivity (Wildman–Crippen MR) is 114 cm³/mol. The summed E-state index contributed by atoms with van der Waals surface area (Å²) in [5.41, 5.74) is 5.66. The van der Waals surface area contributed by atoms with Gasteiger partial charge in [0.2, 0.25) is 0 Å². The maximum absolute atomic E-state index is 12.2. The van der Waals surface area contributed by atoms with E-state index < -0.39 is 18.2 Å². The second kappa shape index (κ2) is 12.3. The van der Waals surface area contributed by atoms with Crippen LogP contribution in [0.3, 0.4) is 0 Å². The van der Waals surface area contributed by atoms with E-state index in [1.165, 1.54) is 29.9 Å². The first-order chi connectivity index (χ1) is 15.2. The molecule has 0 unspecified atom stereocenters. The molecule has 0 bridgehead atoms. The summed E-state index contributed by atoms with van der Waals surface area (Å²) in [6.07, 6.45) is 1.41. The average molecular weight is 474 g/mol. The lowest BCUT2D eigenvalue weighted by atomic mass is 10.1. The Morgan fingerprint density at radius 2 is 1.75 bits per heavy atom. The Bertz CT molecular complexity index is 885. The van der Waals surface area contributed by atoms with E-state index in [4.69, 9.17) is 10.5 Å². The van der Waals surface area contributed by atoms with Gasteiger partial charge >= 0.3 is 6.36 Å². The van der Waals surface area contributed by atoms with Crippen LogP contribution in [0.5, 0.6) is 11.5 Å². The summed E-state index contributed by atoms with van der Waals surface area (Å²) >= 11 is 1.34. The van der Waals surface area contributed by atoms with E-state index in [2.05, 4.69) is 22.0 Å². The van der Waals surface area contributed by atoms with Crippen LogP contribution in [0.2, 0.25) is 0 Å². The number of aryl methyl sites for hydroxylation is 1.